The van der Waals surface area contributed by atoms with Crippen molar-refractivity contribution in [3.05, 3.63) is 12.2 Å². The minimum Gasteiger partial charge on any atom is -0.517 e. The Balaban J connectivity index is 2.55. The summed E-state index contributed by atoms with van der Waals surface area (Å²) in [5.41, 5.74) is 0. The average Bonchev–Trinajstić information content (AvgIpc) is 1.37. The van der Waals surface area contributed by atoms with Crippen molar-refractivity contribution in [2.75, 3.05) is 0 Å². The second-order valence-electron chi connectivity index (χ2n) is 0.342. The molecule has 2 heteroatoms. The molecule has 0 aromatic carbocycles. The van der Waals surface area contributed by atoms with Crippen LogP contribution in [-0.2, 0) is 0 Å². The Morgan fingerprint density at radius 2 is 2.00 bits per heavy atom. The van der Waals surface area contributed by atoms with Gasteiger partial charge in [0.1, 0.15) is 7.85 Å². The van der Waals surface area contributed by atoms with Gasteiger partial charge in [-0.2, -0.15) is 0 Å². The molecule has 2 radical (unpaired) electrons. The molecule has 4 heavy (non-hydrogen) atoms. The minimum atomic E-state index is 0.778. The molecule has 0 aromatic rings. The van der Waals surface area contributed by atoms with E-state index in [-0.39, 0.29) is 0 Å². The lowest BCUT2D eigenvalue weighted by Gasteiger charge is -1.53. The van der Waals surface area contributed by atoms with Gasteiger partial charge < -0.3 is 5.11 Å². The molecule has 20 valence electrons. The first-order valence-corrected chi connectivity index (χ1v) is 0.925. The van der Waals surface area contributed by atoms with E-state index in [4.69, 9.17) is 5.11 Å². The van der Waals surface area contributed by atoms with E-state index >= 15 is 0 Å². The third-order valence-corrected chi connectivity index (χ3v) is 0.0861. The highest BCUT2D eigenvalue weighted by molar-refractivity contribution is 6.16. The van der Waals surface area contributed by atoms with Gasteiger partial charge in [-0.05, 0) is 0 Å². The molecule has 0 fully saturated rings. The highest BCUT2D eigenvalue weighted by Gasteiger charge is 1.36. The van der Waals surface area contributed by atoms with E-state index in [2.05, 4.69) is 7.85 Å². The standard InChI is InChI=1S/C2H3BO/c3-1-2-4/h1-2,4H/b2-1-. The Morgan fingerprint density at radius 3 is 2.00 bits per heavy atom. The Kier molecular flexibility index (Phi) is 2.35. The topological polar surface area (TPSA) is 20.2 Å². The summed E-state index contributed by atoms with van der Waals surface area (Å²) >= 11 is 0. The number of rotatable bonds is 0. The first kappa shape index (κ1) is 3.60. The van der Waals surface area contributed by atoms with Gasteiger partial charge in [-0.15, -0.1) is 0 Å². The summed E-state index contributed by atoms with van der Waals surface area (Å²) < 4.78 is 0. The van der Waals surface area contributed by atoms with Gasteiger partial charge in [0.15, 0.2) is 0 Å². The lowest BCUT2D eigenvalue weighted by atomic mass is 10.2. The van der Waals surface area contributed by atoms with E-state index in [9.17, 15) is 0 Å². The molecule has 0 heterocycles. The minimum absolute atomic E-state index is 0.778. The van der Waals surface area contributed by atoms with Crippen molar-refractivity contribution in [2.24, 2.45) is 0 Å². The molecule has 0 bridgehead atoms. The van der Waals surface area contributed by atoms with Crippen molar-refractivity contribution in [1.29, 1.82) is 0 Å². The molecule has 0 atom stereocenters. The fraction of sp³-hybridized carbons (Fsp3) is 0. The predicted molar refractivity (Wildman–Crippen MR) is 17.5 cm³/mol. The summed E-state index contributed by atoms with van der Waals surface area (Å²) in [4.78, 5) is 0. The lowest BCUT2D eigenvalue weighted by molar-refractivity contribution is 0.475. The van der Waals surface area contributed by atoms with Gasteiger partial charge in [0.2, 0.25) is 0 Å². The second kappa shape index (κ2) is 2.60. The highest BCUT2D eigenvalue weighted by atomic mass is 16.2. The second-order valence-corrected chi connectivity index (χ2v) is 0.342. The summed E-state index contributed by atoms with van der Waals surface area (Å²) in [5.74, 6) is 1.06. The maximum atomic E-state index is 7.57. The number of hydrogen-bond donors (Lipinski definition) is 1. The quantitative estimate of drug-likeness (QED) is 0.309. The summed E-state index contributed by atoms with van der Waals surface area (Å²) in [5, 5.41) is 7.57. The SMILES string of the molecule is [B]/C=C\O. The summed E-state index contributed by atoms with van der Waals surface area (Å²) in [6.45, 7) is 0. The highest BCUT2D eigenvalue weighted by Crippen LogP contribution is 1.43. The zero-order chi connectivity index (χ0) is 3.41. The largest absolute Gasteiger partial charge is 0.517 e. The Bertz CT molecular complexity index is 21.2. The van der Waals surface area contributed by atoms with Gasteiger partial charge >= 0.3 is 0 Å². The molecular weight excluding hydrogens is 50.8 g/mol. The van der Waals surface area contributed by atoms with Gasteiger partial charge in [0.05, 0.1) is 6.26 Å². The maximum Gasteiger partial charge on any atom is 0.107 e. The van der Waals surface area contributed by atoms with E-state index in [1.807, 2.05) is 0 Å². The first-order chi connectivity index (χ1) is 1.91. The van der Waals surface area contributed by atoms with E-state index in [0.717, 1.165) is 12.2 Å². The van der Waals surface area contributed by atoms with Crippen LogP contribution in [0.2, 0.25) is 0 Å². The first-order valence-electron chi connectivity index (χ1n) is 0.925. The molecule has 1 nitrogen and oxygen atoms in total. The fourth-order valence-corrected chi connectivity index (χ4v) is 0. The number of aliphatic hydroxyl groups is 1. The number of hydrogen-bond acceptors (Lipinski definition) is 1. The van der Waals surface area contributed by atoms with E-state index in [1.165, 1.54) is 0 Å². The summed E-state index contributed by atoms with van der Waals surface area (Å²) in [7, 11) is 4.60. The van der Waals surface area contributed by atoms with Crippen molar-refractivity contribution < 1.29 is 5.11 Å². The van der Waals surface area contributed by atoms with Crippen LogP contribution in [-0.4, -0.2) is 13.0 Å². The number of aliphatic hydroxyl groups excluding tert-OH is 1. The predicted octanol–water partition coefficient (Wildman–Crippen LogP) is 0.184. The van der Waals surface area contributed by atoms with Gasteiger partial charge in [-0.25, -0.2) is 0 Å². The maximum absolute atomic E-state index is 7.57. The van der Waals surface area contributed by atoms with E-state index in [1.54, 1.807) is 0 Å². The van der Waals surface area contributed by atoms with Gasteiger partial charge in [0.25, 0.3) is 0 Å². The van der Waals surface area contributed by atoms with E-state index < -0.39 is 0 Å². The van der Waals surface area contributed by atoms with Crippen LogP contribution in [0.25, 0.3) is 0 Å². The molecule has 0 amide bonds. The van der Waals surface area contributed by atoms with Crippen LogP contribution in [0, 0.1) is 0 Å². The Labute approximate surface area is 26.4 Å². The molecule has 1 N–H and O–H groups in total. The molecular formula is C2H3BO. The van der Waals surface area contributed by atoms with Crippen LogP contribution >= 0.6 is 0 Å². The molecule has 0 aliphatic heterocycles. The van der Waals surface area contributed by atoms with Crippen LogP contribution in [0.5, 0.6) is 0 Å². The van der Waals surface area contributed by atoms with Gasteiger partial charge in [0, 0.05) is 0 Å². The lowest BCUT2D eigenvalue weighted by Crippen LogP contribution is -1.45. The third kappa shape index (κ3) is 1.60. The molecule has 0 saturated carbocycles. The molecule has 0 saturated heterocycles. The Hall–Kier alpha value is -0.395. The normalized spacial score (nSPS) is 9.00. The van der Waals surface area contributed by atoms with Crippen molar-refractivity contribution in [3.8, 4) is 0 Å². The van der Waals surface area contributed by atoms with Crippen molar-refractivity contribution >= 4 is 7.85 Å². The van der Waals surface area contributed by atoms with Crippen LogP contribution in [0.4, 0.5) is 0 Å². The molecule has 0 rings (SSSR count). The van der Waals surface area contributed by atoms with Gasteiger partial charge in [-0.1, -0.05) is 5.98 Å². The average molecular weight is 53.9 g/mol. The molecule has 0 aliphatic rings. The van der Waals surface area contributed by atoms with Crippen LogP contribution < -0.4 is 0 Å². The van der Waals surface area contributed by atoms with Crippen LogP contribution in [0.3, 0.4) is 0 Å². The van der Waals surface area contributed by atoms with Crippen molar-refractivity contribution in [1.82, 2.24) is 0 Å². The summed E-state index contributed by atoms with van der Waals surface area (Å²) in [6, 6.07) is 0. The molecule has 0 aromatic heterocycles. The van der Waals surface area contributed by atoms with Crippen LogP contribution in [0.1, 0.15) is 0 Å². The van der Waals surface area contributed by atoms with Crippen molar-refractivity contribution in [2.45, 2.75) is 0 Å². The zero-order valence-corrected chi connectivity index (χ0v) is 2.18. The zero-order valence-electron chi connectivity index (χ0n) is 2.18. The molecule has 0 spiro atoms. The summed E-state index contributed by atoms with van der Waals surface area (Å²) in [6.07, 6.45) is 0.778. The van der Waals surface area contributed by atoms with Crippen molar-refractivity contribution in [3.63, 3.8) is 0 Å². The molecule has 0 aliphatic carbocycles. The third-order valence-electron chi connectivity index (χ3n) is 0.0861. The van der Waals surface area contributed by atoms with Crippen LogP contribution in [0.15, 0.2) is 12.2 Å². The smallest absolute Gasteiger partial charge is 0.107 e. The Morgan fingerprint density at radius 1 is 1.75 bits per heavy atom. The monoisotopic (exact) mass is 54.0 g/mol. The van der Waals surface area contributed by atoms with E-state index in [0.29, 0.717) is 0 Å². The van der Waals surface area contributed by atoms with Gasteiger partial charge in [-0.3, -0.25) is 0 Å². The molecule has 0 unspecified atom stereocenters. The fourth-order valence-electron chi connectivity index (χ4n) is 0.